The predicted octanol–water partition coefficient (Wildman–Crippen LogP) is 2.50. The Morgan fingerprint density at radius 2 is 2.37 bits per heavy atom. The molecule has 0 saturated carbocycles. The fourth-order valence-corrected chi connectivity index (χ4v) is 3.21. The summed E-state index contributed by atoms with van der Waals surface area (Å²) in [4.78, 5) is 1.16. The molecule has 0 fully saturated rings. The lowest BCUT2D eigenvalue weighted by Crippen LogP contribution is -2.23. The molecule has 2 unspecified atom stereocenters. The van der Waals surface area contributed by atoms with E-state index in [1.165, 1.54) is 22.7 Å². The Labute approximate surface area is 117 Å². The van der Waals surface area contributed by atoms with Crippen molar-refractivity contribution in [2.24, 2.45) is 0 Å². The van der Waals surface area contributed by atoms with E-state index in [4.69, 9.17) is 4.74 Å². The van der Waals surface area contributed by atoms with E-state index in [1.807, 2.05) is 13.2 Å². The molecule has 1 aliphatic heterocycles. The molecule has 2 heterocycles. The Morgan fingerprint density at radius 1 is 1.47 bits per heavy atom. The molecule has 19 heavy (non-hydrogen) atoms. The van der Waals surface area contributed by atoms with Crippen molar-refractivity contribution in [2.75, 3.05) is 13.7 Å². The maximum Gasteiger partial charge on any atom is 0.0846 e. The Balaban J connectivity index is 1.80. The molecule has 3 rings (SSSR count). The number of hydrogen-bond donors (Lipinski definition) is 1. The van der Waals surface area contributed by atoms with Crippen LogP contribution in [0.5, 0.6) is 0 Å². The number of rotatable bonds is 4. The second-order valence-corrected chi connectivity index (χ2v) is 5.52. The first-order valence-corrected chi connectivity index (χ1v) is 7.29. The van der Waals surface area contributed by atoms with Crippen LogP contribution in [0.25, 0.3) is 0 Å². The van der Waals surface area contributed by atoms with Gasteiger partial charge in [-0.25, -0.2) is 0 Å². The lowest BCUT2D eigenvalue weighted by atomic mass is 9.93. The number of aromatic nitrogens is 2. The van der Waals surface area contributed by atoms with Gasteiger partial charge in [0, 0.05) is 6.04 Å². The number of hydrogen-bond acceptors (Lipinski definition) is 5. The smallest absolute Gasteiger partial charge is 0.0846 e. The van der Waals surface area contributed by atoms with Gasteiger partial charge in [-0.2, -0.15) is 0 Å². The van der Waals surface area contributed by atoms with Gasteiger partial charge >= 0.3 is 0 Å². The summed E-state index contributed by atoms with van der Waals surface area (Å²) in [6.07, 6.45) is 3.92. The molecular weight excluding hydrogens is 258 g/mol. The first-order chi connectivity index (χ1) is 9.38. The molecule has 1 aromatic carbocycles. The van der Waals surface area contributed by atoms with Crippen LogP contribution >= 0.6 is 11.5 Å². The summed E-state index contributed by atoms with van der Waals surface area (Å²) in [7, 11) is 1.97. The summed E-state index contributed by atoms with van der Waals surface area (Å²) >= 11 is 1.45. The number of nitrogens with zero attached hydrogens (tertiary/aromatic N) is 2. The molecule has 1 aliphatic rings. The average Bonchev–Trinajstić information content (AvgIpc) is 2.99. The third-order valence-electron chi connectivity index (χ3n) is 3.61. The summed E-state index contributed by atoms with van der Waals surface area (Å²) in [6, 6.07) is 8.81. The maximum absolute atomic E-state index is 5.96. The lowest BCUT2D eigenvalue weighted by molar-refractivity contribution is 0.0301. The van der Waals surface area contributed by atoms with E-state index < -0.39 is 0 Å². The molecule has 0 spiro atoms. The Bertz CT molecular complexity index is 529. The molecule has 1 aromatic heterocycles. The van der Waals surface area contributed by atoms with Gasteiger partial charge in [0.15, 0.2) is 0 Å². The molecular formula is C14H17N3OS. The van der Waals surface area contributed by atoms with Gasteiger partial charge in [0.1, 0.15) is 0 Å². The molecule has 5 heteroatoms. The maximum atomic E-state index is 5.96. The van der Waals surface area contributed by atoms with Crippen LogP contribution in [0.1, 0.15) is 34.6 Å². The second-order valence-electron chi connectivity index (χ2n) is 4.71. The van der Waals surface area contributed by atoms with Crippen molar-refractivity contribution in [1.82, 2.24) is 14.9 Å². The highest BCUT2D eigenvalue weighted by molar-refractivity contribution is 7.05. The van der Waals surface area contributed by atoms with Crippen LogP contribution in [-0.2, 0) is 11.2 Å². The molecule has 0 aliphatic carbocycles. The van der Waals surface area contributed by atoms with Gasteiger partial charge in [-0.05, 0) is 42.5 Å². The number of fused-ring (bicyclic) bond motifs is 1. The van der Waals surface area contributed by atoms with E-state index in [0.717, 1.165) is 24.3 Å². The number of ether oxygens (including phenoxy) is 1. The van der Waals surface area contributed by atoms with Crippen molar-refractivity contribution in [3.63, 3.8) is 0 Å². The lowest BCUT2D eigenvalue weighted by Gasteiger charge is -2.28. The fraction of sp³-hybridized carbons (Fsp3) is 0.429. The quantitative estimate of drug-likeness (QED) is 0.931. The highest BCUT2D eigenvalue weighted by Gasteiger charge is 2.25. The predicted molar refractivity (Wildman–Crippen MR) is 75.2 cm³/mol. The van der Waals surface area contributed by atoms with E-state index in [-0.39, 0.29) is 12.1 Å². The Hall–Kier alpha value is -1.30. The zero-order valence-electron chi connectivity index (χ0n) is 10.9. The summed E-state index contributed by atoms with van der Waals surface area (Å²) in [6.45, 7) is 0.805. The average molecular weight is 275 g/mol. The van der Waals surface area contributed by atoms with Gasteiger partial charge in [-0.1, -0.05) is 28.8 Å². The number of benzene rings is 1. The minimum Gasteiger partial charge on any atom is -0.373 e. The summed E-state index contributed by atoms with van der Waals surface area (Å²) < 4.78 is 9.90. The first-order valence-electron chi connectivity index (χ1n) is 6.52. The van der Waals surface area contributed by atoms with Crippen LogP contribution in [-0.4, -0.2) is 23.2 Å². The topological polar surface area (TPSA) is 47.0 Å². The third kappa shape index (κ3) is 2.68. The largest absolute Gasteiger partial charge is 0.373 e. The van der Waals surface area contributed by atoms with Gasteiger partial charge in [0.2, 0.25) is 0 Å². The molecule has 100 valence electrons. The monoisotopic (exact) mass is 275 g/mol. The van der Waals surface area contributed by atoms with Crippen molar-refractivity contribution in [3.05, 3.63) is 46.5 Å². The van der Waals surface area contributed by atoms with Crippen LogP contribution in [0.4, 0.5) is 0 Å². The van der Waals surface area contributed by atoms with Crippen molar-refractivity contribution in [3.8, 4) is 0 Å². The molecule has 0 radical (unpaired) electrons. The van der Waals surface area contributed by atoms with Crippen LogP contribution in [0, 0.1) is 0 Å². The molecule has 0 saturated heterocycles. The van der Waals surface area contributed by atoms with Crippen molar-refractivity contribution in [2.45, 2.75) is 25.0 Å². The zero-order valence-corrected chi connectivity index (χ0v) is 11.7. The van der Waals surface area contributed by atoms with Crippen molar-refractivity contribution < 1.29 is 4.74 Å². The Kier molecular flexibility index (Phi) is 3.87. The third-order valence-corrected chi connectivity index (χ3v) is 4.39. The number of nitrogens with one attached hydrogen (secondary N) is 1. The SMILES string of the molecule is CNC(CC1OCCc2ccccc21)c1cnns1. The van der Waals surface area contributed by atoms with Gasteiger partial charge in [0.25, 0.3) is 0 Å². The normalized spacial score (nSPS) is 19.9. The van der Waals surface area contributed by atoms with Gasteiger partial charge < -0.3 is 10.1 Å². The van der Waals surface area contributed by atoms with Gasteiger partial charge in [-0.3, -0.25) is 0 Å². The fourth-order valence-electron chi connectivity index (χ4n) is 2.59. The standard InChI is InChI=1S/C14H17N3OS/c1-15-12(14-9-16-17-19-14)8-13-11-5-3-2-4-10(11)6-7-18-13/h2-5,9,12-13,15H,6-8H2,1H3. The molecule has 0 amide bonds. The zero-order chi connectivity index (χ0) is 13.1. The van der Waals surface area contributed by atoms with Crippen LogP contribution in [0.3, 0.4) is 0 Å². The minimum atomic E-state index is 0.157. The molecule has 4 nitrogen and oxygen atoms in total. The summed E-state index contributed by atoms with van der Waals surface area (Å²) in [5, 5.41) is 7.25. The minimum absolute atomic E-state index is 0.157. The highest BCUT2D eigenvalue weighted by Crippen LogP contribution is 2.34. The van der Waals surface area contributed by atoms with E-state index >= 15 is 0 Å². The molecule has 2 atom stereocenters. The van der Waals surface area contributed by atoms with Crippen LogP contribution in [0.2, 0.25) is 0 Å². The van der Waals surface area contributed by atoms with E-state index in [0.29, 0.717) is 0 Å². The molecule has 2 aromatic rings. The molecule has 1 N–H and O–H groups in total. The van der Waals surface area contributed by atoms with E-state index in [2.05, 4.69) is 39.2 Å². The van der Waals surface area contributed by atoms with Crippen molar-refractivity contribution >= 4 is 11.5 Å². The van der Waals surface area contributed by atoms with E-state index in [9.17, 15) is 0 Å². The van der Waals surface area contributed by atoms with Gasteiger partial charge in [0.05, 0.1) is 23.8 Å². The molecule has 0 bridgehead atoms. The van der Waals surface area contributed by atoms with Crippen LogP contribution < -0.4 is 5.32 Å². The first kappa shape index (κ1) is 12.7. The van der Waals surface area contributed by atoms with E-state index in [1.54, 1.807) is 0 Å². The van der Waals surface area contributed by atoms with Crippen molar-refractivity contribution in [1.29, 1.82) is 0 Å². The summed E-state index contributed by atoms with van der Waals surface area (Å²) in [5.74, 6) is 0. The van der Waals surface area contributed by atoms with Crippen LogP contribution in [0.15, 0.2) is 30.5 Å². The highest BCUT2D eigenvalue weighted by atomic mass is 32.1. The van der Waals surface area contributed by atoms with Gasteiger partial charge in [-0.15, -0.1) is 5.10 Å². The Morgan fingerprint density at radius 3 is 3.16 bits per heavy atom. The second kappa shape index (κ2) is 5.77. The summed E-state index contributed by atoms with van der Waals surface area (Å²) in [5.41, 5.74) is 2.74.